The van der Waals surface area contributed by atoms with E-state index in [1.54, 1.807) is 24.3 Å². The highest BCUT2D eigenvalue weighted by Crippen LogP contribution is 2.31. The molecule has 122 valence electrons. The van der Waals surface area contributed by atoms with Crippen LogP contribution in [0.5, 0.6) is 0 Å². The van der Waals surface area contributed by atoms with Gasteiger partial charge in [0.05, 0.1) is 17.0 Å². The Bertz CT molecular complexity index is 683. The monoisotopic (exact) mass is 316 g/mol. The fraction of sp³-hybridized carbons (Fsp3) is 0.412. The predicted molar refractivity (Wildman–Crippen MR) is 85.9 cm³/mol. The highest BCUT2D eigenvalue weighted by Gasteiger charge is 2.21. The van der Waals surface area contributed by atoms with Gasteiger partial charge >= 0.3 is 0 Å². The lowest BCUT2D eigenvalue weighted by atomic mass is 9.99. The number of nitro groups is 1. The summed E-state index contributed by atoms with van der Waals surface area (Å²) in [6, 6.07) is 10.2. The van der Waals surface area contributed by atoms with Gasteiger partial charge in [0.1, 0.15) is 11.5 Å². The molecule has 1 saturated heterocycles. The first kappa shape index (κ1) is 15.7. The number of para-hydroxylation sites is 1. The van der Waals surface area contributed by atoms with E-state index in [0.29, 0.717) is 23.8 Å². The Morgan fingerprint density at radius 1 is 1.30 bits per heavy atom. The van der Waals surface area contributed by atoms with Crippen molar-refractivity contribution in [1.29, 1.82) is 0 Å². The van der Waals surface area contributed by atoms with E-state index in [1.807, 2.05) is 6.07 Å². The first-order valence-electron chi connectivity index (χ1n) is 7.83. The second-order valence-corrected chi connectivity index (χ2v) is 5.97. The van der Waals surface area contributed by atoms with Crippen molar-refractivity contribution in [2.75, 3.05) is 19.7 Å². The summed E-state index contributed by atoms with van der Waals surface area (Å²) in [4.78, 5) is 13.0. The number of hydrogen-bond donors (Lipinski definition) is 1. The third kappa shape index (κ3) is 3.60. The van der Waals surface area contributed by atoms with E-state index in [4.69, 9.17) is 4.42 Å². The molecule has 1 aromatic carbocycles. The van der Waals surface area contributed by atoms with Gasteiger partial charge in [0, 0.05) is 19.2 Å². The second-order valence-electron chi connectivity index (χ2n) is 5.97. The van der Waals surface area contributed by atoms with E-state index in [0.717, 1.165) is 31.7 Å². The van der Waals surface area contributed by atoms with E-state index < -0.39 is 4.92 Å². The number of nitro benzene ring substituents is 1. The number of rotatable bonds is 5. The van der Waals surface area contributed by atoms with E-state index in [2.05, 4.69) is 4.90 Å². The summed E-state index contributed by atoms with van der Waals surface area (Å²) in [7, 11) is 0. The van der Waals surface area contributed by atoms with Crippen LogP contribution in [-0.2, 0) is 6.54 Å². The summed E-state index contributed by atoms with van der Waals surface area (Å²) in [5.41, 5.74) is 0.544. The molecule has 2 aromatic rings. The fourth-order valence-electron chi connectivity index (χ4n) is 3.11. The van der Waals surface area contributed by atoms with Crippen molar-refractivity contribution < 1.29 is 14.4 Å². The Kier molecular flexibility index (Phi) is 4.73. The smallest absolute Gasteiger partial charge is 0.280 e. The summed E-state index contributed by atoms with van der Waals surface area (Å²) in [5, 5.41) is 20.4. The first-order valence-corrected chi connectivity index (χ1v) is 7.83. The maximum absolute atomic E-state index is 11.1. The number of likely N-dealkylation sites (tertiary alicyclic amines) is 1. The van der Waals surface area contributed by atoms with E-state index in [-0.39, 0.29) is 12.3 Å². The van der Waals surface area contributed by atoms with Crippen molar-refractivity contribution in [1.82, 2.24) is 4.90 Å². The molecule has 1 atom stereocenters. The molecule has 0 bridgehead atoms. The van der Waals surface area contributed by atoms with E-state index in [9.17, 15) is 15.2 Å². The largest absolute Gasteiger partial charge is 0.459 e. The van der Waals surface area contributed by atoms with E-state index >= 15 is 0 Å². The van der Waals surface area contributed by atoms with Crippen LogP contribution in [0.15, 0.2) is 40.8 Å². The van der Waals surface area contributed by atoms with Crippen LogP contribution in [0.4, 0.5) is 5.69 Å². The summed E-state index contributed by atoms with van der Waals surface area (Å²) >= 11 is 0. The predicted octanol–water partition coefficient (Wildman–Crippen LogP) is 3.06. The number of piperidine rings is 1. The average Bonchev–Trinajstić information content (AvgIpc) is 3.03. The lowest BCUT2D eigenvalue weighted by Gasteiger charge is -2.30. The van der Waals surface area contributed by atoms with Gasteiger partial charge in [0.15, 0.2) is 0 Å². The van der Waals surface area contributed by atoms with Crippen LogP contribution in [0.3, 0.4) is 0 Å². The molecule has 0 radical (unpaired) electrons. The van der Waals surface area contributed by atoms with Gasteiger partial charge in [-0.2, -0.15) is 0 Å². The maximum Gasteiger partial charge on any atom is 0.280 e. The number of furan rings is 1. The molecule has 23 heavy (non-hydrogen) atoms. The molecule has 1 N–H and O–H groups in total. The minimum atomic E-state index is -0.395. The Morgan fingerprint density at radius 3 is 2.91 bits per heavy atom. The number of benzene rings is 1. The summed E-state index contributed by atoms with van der Waals surface area (Å²) in [6.45, 7) is 2.73. The van der Waals surface area contributed by atoms with Crippen LogP contribution < -0.4 is 0 Å². The minimum absolute atomic E-state index is 0.0479. The third-order valence-electron chi connectivity index (χ3n) is 4.27. The van der Waals surface area contributed by atoms with Crippen molar-refractivity contribution in [3.05, 3.63) is 52.3 Å². The molecule has 0 unspecified atom stereocenters. The van der Waals surface area contributed by atoms with Crippen LogP contribution in [-0.4, -0.2) is 34.6 Å². The molecular formula is C17H20N2O4. The number of hydrogen-bond acceptors (Lipinski definition) is 5. The normalized spacial score (nSPS) is 18.9. The molecule has 6 nitrogen and oxygen atoms in total. The standard InChI is InChI=1S/C17H20N2O4/c20-12-13-4-3-9-18(10-13)11-14-7-8-17(23-14)15-5-1-2-6-16(15)19(21)22/h1-2,5-8,13,20H,3-4,9-12H2/t13-/m0/s1. The van der Waals surface area contributed by atoms with Gasteiger partial charge in [-0.1, -0.05) is 12.1 Å². The van der Waals surface area contributed by atoms with Gasteiger partial charge in [-0.05, 0) is 43.5 Å². The molecule has 2 heterocycles. The quantitative estimate of drug-likeness (QED) is 0.677. The van der Waals surface area contributed by atoms with E-state index in [1.165, 1.54) is 6.07 Å². The molecule has 1 aliphatic rings. The Hall–Kier alpha value is -2.18. The highest BCUT2D eigenvalue weighted by molar-refractivity contribution is 5.69. The lowest BCUT2D eigenvalue weighted by Crippen LogP contribution is -2.36. The van der Waals surface area contributed by atoms with Crippen LogP contribution in [0.2, 0.25) is 0 Å². The zero-order valence-corrected chi connectivity index (χ0v) is 12.9. The third-order valence-corrected chi connectivity index (χ3v) is 4.27. The minimum Gasteiger partial charge on any atom is -0.459 e. The van der Waals surface area contributed by atoms with Crippen LogP contribution in [0.1, 0.15) is 18.6 Å². The Balaban J connectivity index is 1.75. The lowest BCUT2D eigenvalue weighted by molar-refractivity contribution is -0.384. The molecule has 3 rings (SSSR count). The average molecular weight is 316 g/mol. The van der Waals surface area contributed by atoms with Gasteiger partial charge < -0.3 is 9.52 Å². The Morgan fingerprint density at radius 2 is 2.13 bits per heavy atom. The zero-order valence-electron chi connectivity index (χ0n) is 12.9. The van der Waals surface area contributed by atoms with Gasteiger partial charge in [0.25, 0.3) is 5.69 Å². The number of nitrogens with zero attached hydrogens (tertiary/aromatic N) is 2. The SMILES string of the molecule is O=[N+]([O-])c1ccccc1-c1ccc(CN2CCC[C@H](CO)C2)o1. The molecule has 6 heteroatoms. The molecule has 0 saturated carbocycles. The first-order chi connectivity index (χ1) is 11.2. The van der Waals surface area contributed by atoms with Crippen LogP contribution >= 0.6 is 0 Å². The summed E-state index contributed by atoms with van der Waals surface area (Å²) in [5.74, 6) is 1.63. The zero-order chi connectivity index (χ0) is 16.2. The number of aliphatic hydroxyl groups excluding tert-OH is 1. The highest BCUT2D eigenvalue weighted by atomic mass is 16.6. The van der Waals surface area contributed by atoms with Gasteiger partial charge in [-0.3, -0.25) is 15.0 Å². The van der Waals surface area contributed by atoms with Crippen molar-refractivity contribution in [3.63, 3.8) is 0 Å². The second kappa shape index (κ2) is 6.93. The van der Waals surface area contributed by atoms with Crippen LogP contribution in [0, 0.1) is 16.0 Å². The fourth-order valence-corrected chi connectivity index (χ4v) is 3.11. The summed E-state index contributed by atoms with van der Waals surface area (Å²) < 4.78 is 5.82. The summed E-state index contributed by atoms with van der Waals surface area (Å²) in [6.07, 6.45) is 2.13. The Labute approximate surface area is 134 Å². The molecule has 1 aliphatic heterocycles. The maximum atomic E-state index is 11.1. The molecule has 0 spiro atoms. The molecular weight excluding hydrogens is 296 g/mol. The van der Waals surface area contributed by atoms with Crippen molar-refractivity contribution in [2.45, 2.75) is 19.4 Å². The van der Waals surface area contributed by atoms with Crippen molar-refractivity contribution >= 4 is 5.69 Å². The van der Waals surface area contributed by atoms with Gasteiger partial charge in [-0.25, -0.2) is 0 Å². The topological polar surface area (TPSA) is 79.8 Å². The molecule has 0 aliphatic carbocycles. The van der Waals surface area contributed by atoms with Crippen molar-refractivity contribution in [2.24, 2.45) is 5.92 Å². The van der Waals surface area contributed by atoms with Crippen LogP contribution in [0.25, 0.3) is 11.3 Å². The molecule has 1 fully saturated rings. The van der Waals surface area contributed by atoms with Gasteiger partial charge in [-0.15, -0.1) is 0 Å². The molecule has 0 amide bonds. The molecule has 1 aromatic heterocycles. The number of aliphatic hydroxyl groups is 1. The van der Waals surface area contributed by atoms with Gasteiger partial charge in [0.2, 0.25) is 0 Å². The van der Waals surface area contributed by atoms with Crippen molar-refractivity contribution in [3.8, 4) is 11.3 Å².